The van der Waals surface area contributed by atoms with Crippen LogP contribution in [0, 0.1) is 0 Å². The van der Waals surface area contributed by atoms with Crippen molar-refractivity contribution in [1.82, 2.24) is 0 Å². The lowest BCUT2D eigenvalue weighted by Crippen LogP contribution is -1.93. The summed E-state index contributed by atoms with van der Waals surface area (Å²) in [7, 11) is 0. The summed E-state index contributed by atoms with van der Waals surface area (Å²) in [4.78, 5) is 11.4. The van der Waals surface area contributed by atoms with E-state index < -0.39 is 0 Å². The summed E-state index contributed by atoms with van der Waals surface area (Å²) in [6.07, 6.45) is 0. The van der Waals surface area contributed by atoms with Gasteiger partial charge in [-0.1, -0.05) is 46.3 Å². The van der Waals surface area contributed by atoms with Crippen LogP contribution in [0.4, 0.5) is 0 Å². The van der Waals surface area contributed by atoms with Gasteiger partial charge in [-0.3, -0.25) is 4.79 Å². The van der Waals surface area contributed by atoms with Gasteiger partial charge < -0.3 is 0 Å². The van der Waals surface area contributed by atoms with Gasteiger partial charge in [0.2, 0.25) is 5.12 Å². The molecular formula is C13H9BrOS. The highest BCUT2D eigenvalue weighted by atomic mass is 79.9. The average molecular weight is 293 g/mol. The number of hydrogen-bond donors (Lipinski definition) is 1. The summed E-state index contributed by atoms with van der Waals surface area (Å²) in [6, 6.07) is 15.3. The Balaban J connectivity index is 2.63. The third kappa shape index (κ3) is 2.36. The van der Waals surface area contributed by atoms with Crippen molar-refractivity contribution in [2.75, 3.05) is 0 Å². The quantitative estimate of drug-likeness (QED) is 0.822. The monoisotopic (exact) mass is 292 g/mol. The van der Waals surface area contributed by atoms with Gasteiger partial charge in [-0.25, -0.2) is 0 Å². The molecule has 0 atom stereocenters. The normalized spacial score (nSPS) is 10.1. The first-order valence-corrected chi connectivity index (χ1v) is 6.01. The topological polar surface area (TPSA) is 17.1 Å². The van der Waals surface area contributed by atoms with E-state index in [1.165, 1.54) is 0 Å². The maximum absolute atomic E-state index is 11.4. The van der Waals surface area contributed by atoms with E-state index in [9.17, 15) is 4.79 Å². The van der Waals surface area contributed by atoms with Crippen molar-refractivity contribution >= 4 is 33.7 Å². The second-order valence-corrected chi connectivity index (χ2v) is 4.68. The highest BCUT2D eigenvalue weighted by Crippen LogP contribution is 2.27. The molecule has 0 aromatic heterocycles. The molecule has 2 rings (SSSR count). The van der Waals surface area contributed by atoms with Gasteiger partial charge in [0.25, 0.3) is 0 Å². The number of carbonyl (C=O) groups is 1. The fourth-order valence-electron chi connectivity index (χ4n) is 1.56. The van der Waals surface area contributed by atoms with Gasteiger partial charge >= 0.3 is 0 Å². The second-order valence-electron chi connectivity index (χ2n) is 3.36. The SMILES string of the molecule is O=C(S)c1ccc(Br)cc1-c1ccccc1. The van der Waals surface area contributed by atoms with Gasteiger partial charge in [-0.05, 0) is 29.3 Å². The van der Waals surface area contributed by atoms with E-state index >= 15 is 0 Å². The molecule has 0 aliphatic carbocycles. The Bertz CT molecular complexity index is 523. The van der Waals surface area contributed by atoms with Crippen molar-refractivity contribution in [1.29, 1.82) is 0 Å². The van der Waals surface area contributed by atoms with E-state index in [1.807, 2.05) is 42.5 Å². The molecule has 0 saturated heterocycles. The molecular weight excluding hydrogens is 284 g/mol. The summed E-state index contributed by atoms with van der Waals surface area (Å²) in [5.74, 6) is 0. The third-order valence-corrected chi connectivity index (χ3v) is 3.03. The Morgan fingerprint density at radius 3 is 2.38 bits per heavy atom. The minimum Gasteiger partial charge on any atom is -0.282 e. The lowest BCUT2D eigenvalue weighted by Gasteiger charge is -2.07. The van der Waals surface area contributed by atoms with Crippen LogP contribution in [0.1, 0.15) is 10.4 Å². The zero-order chi connectivity index (χ0) is 11.5. The first-order chi connectivity index (χ1) is 7.68. The molecule has 0 radical (unpaired) electrons. The summed E-state index contributed by atoms with van der Waals surface area (Å²) in [5.41, 5.74) is 2.54. The van der Waals surface area contributed by atoms with E-state index in [-0.39, 0.29) is 5.12 Å². The molecule has 0 fully saturated rings. The number of hydrogen-bond acceptors (Lipinski definition) is 1. The summed E-state index contributed by atoms with van der Waals surface area (Å²) >= 11 is 7.29. The molecule has 0 N–H and O–H groups in total. The fraction of sp³-hybridized carbons (Fsp3) is 0. The van der Waals surface area contributed by atoms with E-state index in [0.717, 1.165) is 15.6 Å². The number of benzene rings is 2. The Morgan fingerprint density at radius 2 is 1.75 bits per heavy atom. The lowest BCUT2D eigenvalue weighted by atomic mass is 10.0. The molecule has 0 amide bonds. The molecule has 16 heavy (non-hydrogen) atoms. The molecule has 0 saturated carbocycles. The van der Waals surface area contributed by atoms with Gasteiger partial charge in [0.15, 0.2) is 0 Å². The van der Waals surface area contributed by atoms with Crippen molar-refractivity contribution < 1.29 is 4.79 Å². The fourth-order valence-corrected chi connectivity index (χ4v) is 2.12. The van der Waals surface area contributed by atoms with Gasteiger partial charge in [-0.15, -0.1) is 12.6 Å². The molecule has 3 heteroatoms. The molecule has 0 aliphatic rings. The van der Waals surface area contributed by atoms with E-state index in [1.54, 1.807) is 6.07 Å². The maximum Gasteiger partial charge on any atom is 0.216 e. The Hall–Kier alpha value is -1.06. The van der Waals surface area contributed by atoms with E-state index in [2.05, 4.69) is 28.6 Å². The first kappa shape index (κ1) is 11.4. The molecule has 2 aromatic rings. The number of halogens is 1. The Labute approximate surface area is 108 Å². The van der Waals surface area contributed by atoms with Crippen molar-refractivity contribution in [3.63, 3.8) is 0 Å². The van der Waals surface area contributed by atoms with E-state index in [4.69, 9.17) is 0 Å². The van der Waals surface area contributed by atoms with Crippen LogP contribution in [0.3, 0.4) is 0 Å². The molecule has 0 spiro atoms. The first-order valence-electron chi connectivity index (χ1n) is 4.77. The second kappa shape index (κ2) is 4.85. The van der Waals surface area contributed by atoms with Gasteiger partial charge in [0.1, 0.15) is 0 Å². The lowest BCUT2D eigenvalue weighted by molar-refractivity contribution is 0.109. The molecule has 0 bridgehead atoms. The standard InChI is InChI=1S/C13H9BrOS/c14-10-6-7-11(13(15)16)12(8-10)9-4-2-1-3-5-9/h1-8H,(H,15,16). The summed E-state index contributed by atoms with van der Waals surface area (Å²) in [6.45, 7) is 0. The van der Waals surface area contributed by atoms with Crippen LogP contribution in [0.15, 0.2) is 53.0 Å². The van der Waals surface area contributed by atoms with Crippen LogP contribution < -0.4 is 0 Å². The highest BCUT2D eigenvalue weighted by Gasteiger charge is 2.09. The van der Waals surface area contributed by atoms with Crippen molar-refractivity contribution in [3.05, 3.63) is 58.6 Å². The largest absolute Gasteiger partial charge is 0.282 e. The Morgan fingerprint density at radius 1 is 1.06 bits per heavy atom. The smallest absolute Gasteiger partial charge is 0.216 e. The van der Waals surface area contributed by atoms with Crippen LogP contribution >= 0.6 is 28.6 Å². The van der Waals surface area contributed by atoms with Crippen molar-refractivity contribution in [3.8, 4) is 11.1 Å². The minimum absolute atomic E-state index is 0.216. The number of rotatable bonds is 2. The summed E-state index contributed by atoms with van der Waals surface area (Å²) < 4.78 is 0.949. The molecule has 80 valence electrons. The van der Waals surface area contributed by atoms with Gasteiger partial charge in [-0.2, -0.15) is 0 Å². The van der Waals surface area contributed by atoms with Crippen LogP contribution in [-0.4, -0.2) is 5.12 Å². The van der Waals surface area contributed by atoms with E-state index in [0.29, 0.717) is 5.56 Å². The zero-order valence-corrected chi connectivity index (χ0v) is 10.8. The maximum atomic E-state index is 11.4. The van der Waals surface area contributed by atoms with Crippen LogP contribution in [0.25, 0.3) is 11.1 Å². The zero-order valence-electron chi connectivity index (χ0n) is 8.35. The molecule has 0 heterocycles. The van der Waals surface area contributed by atoms with Crippen LogP contribution in [-0.2, 0) is 0 Å². The number of carbonyl (C=O) groups excluding carboxylic acids is 1. The van der Waals surface area contributed by atoms with Gasteiger partial charge in [0.05, 0.1) is 0 Å². The average Bonchev–Trinajstić information content (AvgIpc) is 2.29. The third-order valence-electron chi connectivity index (χ3n) is 2.30. The Kier molecular flexibility index (Phi) is 3.46. The van der Waals surface area contributed by atoms with Gasteiger partial charge in [0, 0.05) is 10.0 Å². The molecule has 2 aromatic carbocycles. The van der Waals surface area contributed by atoms with Crippen molar-refractivity contribution in [2.45, 2.75) is 0 Å². The molecule has 0 aliphatic heterocycles. The van der Waals surface area contributed by atoms with Crippen molar-refractivity contribution in [2.24, 2.45) is 0 Å². The molecule has 0 unspecified atom stereocenters. The summed E-state index contributed by atoms with van der Waals surface area (Å²) in [5, 5.41) is -0.216. The number of thiol groups is 1. The predicted octanol–water partition coefficient (Wildman–Crippen LogP) is 4.19. The van der Waals surface area contributed by atoms with Crippen LogP contribution in [0.5, 0.6) is 0 Å². The van der Waals surface area contributed by atoms with Crippen LogP contribution in [0.2, 0.25) is 0 Å². The highest BCUT2D eigenvalue weighted by molar-refractivity contribution is 9.10. The predicted molar refractivity (Wildman–Crippen MR) is 72.9 cm³/mol. The minimum atomic E-state index is -0.216. The molecule has 1 nitrogen and oxygen atoms in total.